The van der Waals surface area contributed by atoms with Gasteiger partial charge in [0.15, 0.2) is 6.17 Å². The van der Waals surface area contributed by atoms with E-state index in [9.17, 15) is 37.5 Å². The summed E-state index contributed by atoms with van der Waals surface area (Å²) in [4.78, 5) is 54.4. The van der Waals surface area contributed by atoms with Gasteiger partial charge in [0.1, 0.15) is 17.5 Å². The van der Waals surface area contributed by atoms with Crippen molar-refractivity contribution in [1.82, 2.24) is 15.1 Å². The number of amides is 3. The standard InChI is InChI=1S/C26H22F3N3O5S/c27-17-5-3-15(4-6-17)21(14-23(34)35)30-24(36)25-31(22(33)13-20-2-1-9-38-20)7-8-32(25)26(37)16-10-18(28)12-19(29)11-16/h1-6,9-12,21,25H,7-8,13-14H2,(H,30,36)(H,34,35). The molecule has 3 amide bonds. The largest absolute Gasteiger partial charge is 0.481 e. The fourth-order valence-electron chi connectivity index (χ4n) is 4.26. The first-order valence-corrected chi connectivity index (χ1v) is 12.4. The van der Waals surface area contributed by atoms with E-state index in [1.54, 1.807) is 17.5 Å². The van der Waals surface area contributed by atoms with Crippen LogP contribution in [0.2, 0.25) is 0 Å². The molecule has 198 valence electrons. The predicted octanol–water partition coefficient (Wildman–Crippen LogP) is 3.35. The zero-order valence-electron chi connectivity index (χ0n) is 19.8. The Kier molecular flexibility index (Phi) is 8.10. The number of nitrogens with one attached hydrogen (secondary N) is 1. The third-order valence-corrected chi connectivity index (χ3v) is 6.85. The van der Waals surface area contributed by atoms with Crippen LogP contribution < -0.4 is 5.32 Å². The Bertz CT molecular complexity index is 1330. The van der Waals surface area contributed by atoms with Crippen molar-refractivity contribution in [2.75, 3.05) is 13.1 Å². The highest BCUT2D eigenvalue weighted by Gasteiger charge is 2.43. The average molecular weight is 546 g/mol. The van der Waals surface area contributed by atoms with Gasteiger partial charge in [-0.2, -0.15) is 0 Å². The molecular formula is C26H22F3N3O5S. The van der Waals surface area contributed by atoms with Crippen molar-refractivity contribution in [2.24, 2.45) is 0 Å². The van der Waals surface area contributed by atoms with Crippen molar-refractivity contribution in [2.45, 2.75) is 25.0 Å². The van der Waals surface area contributed by atoms with Crippen molar-refractivity contribution in [3.05, 3.63) is 93.4 Å². The smallest absolute Gasteiger partial charge is 0.305 e. The number of rotatable bonds is 8. The quantitative estimate of drug-likeness (QED) is 0.452. The van der Waals surface area contributed by atoms with E-state index >= 15 is 0 Å². The van der Waals surface area contributed by atoms with Crippen molar-refractivity contribution >= 4 is 35.0 Å². The molecule has 1 aliphatic heterocycles. The molecule has 8 nitrogen and oxygen atoms in total. The van der Waals surface area contributed by atoms with Gasteiger partial charge in [0.05, 0.1) is 18.9 Å². The number of hydrogen-bond donors (Lipinski definition) is 2. The summed E-state index contributed by atoms with van der Waals surface area (Å²) in [5, 5.41) is 13.7. The highest BCUT2D eigenvalue weighted by atomic mass is 32.1. The molecule has 2 heterocycles. The zero-order chi connectivity index (χ0) is 27.4. The Morgan fingerprint density at radius 3 is 2.21 bits per heavy atom. The van der Waals surface area contributed by atoms with Crippen LogP contribution in [0.3, 0.4) is 0 Å². The molecule has 38 heavy (non-hydrogen) atoms. The van der Waals surface area contributed by atoms with Crippen LogP contribution in [0, 0.1) is 17.5 Å². The molecule has 0 radical (unpaired) electrons. The molecule has 1 fully saturated rings. The van der Waals surface area contributed by atoms with Crippen LogP contribution in [-0.4, -0.2) is 57.9 Å². The first kappa shape index (κ1) is 26.9. The van der Waals surface area contributed by atoms with Gasteiger partial charge in [0.25, 0.3) is 11.8 Å². The summed E-state index contributed by atoms with van der Waals surface area (Å²) < 4.78 is 41.1. The highest BCUT2D eigenvalue weighted by molar-refractivity contribution is 7.10. The number of carbonyl (C=O) groups is 4. The molecule has 1 saturated heterocycles. The number of halogens is 3. The zero-order valence-corrected chi connectivity index (χ0v) is 20.6. The molecule has 3 aromatic rings. The molecule has 2 unspecified atom stereocenters. The third-order valence-electron chi connectivity index (χ3n) is 5.97. The van der Waals surface area contributed by atoms with Crippen LogP contribution in [0.15, 0.2) is 60.0 Å². The molecule has 12 heteroatoms. The summed E-state index contributed by atoms with van der Waals surface area (Å²) in [6.45, 7) is -0.142. The number of thiophene rings is 1. The van der Waals surface area contributed by atoms with E-state index in [0.29, 0.717) is 11.6 Å². The number of carbonyl (C=O) groups excluding carboxylic acids is 3. The number of aliphatic carboxylic acids is 1. The lowest BCUT2D eigenvalue weighted by Crippen LogP contribution is -2.54. The average Bonchev–Trinajstić information content (AvgIpc) is 3.53. The number of benzene rings is 2. The van der Waals surface area contributed by atoms with Crippen LogP contribution in [0.25, 0.3) is 0 Å². The maximum Gasteiger partial charge on any atom is 0.305 e. The Hall–Kier alpha value is -4.19. The number of nitrogens with zero attached hydrogens (tertiary/aromatic N) is 2. The second-order valence-corrected chi connectivity index (χ2v) is 9.62. The Morgan fingerprint density at radius 2 is 1.61 bits per heavy atom. The van der Waals surface area contributed by atoms with E-state index in [-0.39, 0.29) is 25.1 Å². The van der Waals surface area contributed by atoms with E-state index < -0.39 is 59.8 Å². The monoisotopic (exact) mass is 545 g/mol. The summed E-state index contributed by atoms with van der Waals surface area (Å²) in [7, 11) is 0. The Morgan fingerprint density at radius 1 is 0.947 bits per heavy atom. The molecule has 2 atom stereocenters. The summed E-state index contributed by atoms with van der Waals surface area (Å²) in [5.41, 5.74) is -0.0600. The lowest BCUT2D eigenvalue weighted by atomic mass is 10.0. The van der Waals surface area contributed by atoms with Gasteiger partial charge >= 0.3 is 5.97 Å². The van der Waals surface area contributed by atoms with Gasteiger partial charge in [-0.05, 0) is 41.3 Å². The van der Waals surface area contributed by atoms with Crippen molar-refractivity contribution in [3.63, 3.8) is 0 Å². The highest BCUT2D eigenvalue weighted by Crippen LogP contribution is 2.24. The summed E-state index contributed by atoms with van der Waals surface area (Å²) in [6, 6.07) is 9.48. The van der Waals surface area contributed by atoms with Gasteiger partial charge in [0.2, 0.25) is 5.91 Å². The molecule has 0 spiro atoms. The predicted molar refractivity (Wildman–Crippen MR) is 130 cm³/mol. The minimum Gasteiger partial charge on any atom is -0.481 e. The molecule has 4 rings (SSSR count). The molecule has 0 aliphatic carbocycles. The number of carboxylic acids is 1. The van der Waals surface area contributed by atoms with E-state index in [1.807, 2.05) is 0 Å². The Labute approximate surface area is 219 Å². The normalized spacial score (nSPS) is 15.8. The summed E-state index contributed by atoms with van der Waals surface area (Å²) in [5.74, 6) is -6.01. The molecule has 2 N–H and O–H groups in total. The minimum atomic E-state index is -1.52. The van der Waals surface area contributed by atoms with Crippen molar-refractivity contribution in [1.29, 1.82) is 0 Å². The van der Waals surface area contributed by atoms with Gasteiger partial charge in [0, 0.05) is 29.6 Å². The van der Waals surface area contributed by atoms with E-state index in [4.69, 9.17) is 0 Å². The second kappa shape index (κ2) is 11.5. The molecule has 1 aliphatic rings. The second-order valence-electron chi connectivity index (χ2n) is 8.58. The van der Waals surface area contributed by atoms with Gasteiger partial charge in [-0.15, -0.1) is 11.3 Å². The molecule has 2 aromatic carbocycles. The van der Waals surface area contributed by atoms with Crippen molar-refractivity contribution < 1.29 is 37.5 Å². The maximum atomic E-state index is 13.8. The van der Waals surface area contributed by atoms with Gasteiger partial charge in [-0.25, -0.2) is 13.2 Å². The lowest BCUT2D eigenvalue weighted by molar-refractivity contribution is -0.142. The lowest BCUT2D eigenvalue weighted by Gasteiger charge is -2.31. The van der Waals surface area contributed by atoms with Gasteiger partial charge in [-0.3, -0.25) is 19.2 Å². The molecule has 0 bridgehead atoms. The first-order chi connectivity index (χ1) is 18.1. The van der Waals surface area contributed by atoms with Crippen molar-refractivity contribution in [3.8, 4) is 0 Å². The fourth-order valence-corrected chi connectivity index (χ4v) is 4.96. The number of carboxylic acid groups (broad SMARTS) is 1. The first-order valence-electron chi connectivity index (χ1n) is 11.5. The van der Waals surface area contributed by atoms with Crippen LogP contribution in [-0.2, 0) is 20.8 Å². The van der Waals surface area contributed by atoms with Gasteiger partial charge in [-0.1, -0.05) is 18.2 Å². The van der Waals surface area contributed by atoms with E-state index in [2.05, 4.69) is 5.32 Å². The van der Waals surface area contributed by atoms with Crippen LogP contribution in [0.5, 0.6) is 0 Å². The Balaban J connectivity index is 1.65. The molecule has 0 saturated carbocycles. The van der Waals surface area contributed by atoms with Crippen LogP contribution in [0.1, 0.15) is 33.3 Å². The SMILES string of the molecule is O=C(O)CC(NC(=O)C1N(C(=O)Cc2cccs2)CCN1C(=O)c1cc(F)cc(F)c1)c1ccc(F)cc1. The fraction of sp³-hybridized carbons (Fsp3) is 0.231. The van der Waals surface area contributed by atoms with Gasteiger partial charge < -0.3 is 20.2 Å². The molecule has 1 aromatic heterocycles. The third kappa shape index (κ3) is 6.20. The summed E-state index contributed by atoms with van der Waals surface area (Å²) in [6.07, 6.45) is -2.12. The summed E-state index contributed by atoms with van der Waals surface area (Å²) >= 11 is 1.33. The van der Waals surface area contributed by atoms with Crippen LogP contribution in [0.4, 0.5) is 13.2 Å². The van der Waals surface area contributed by atoms with Crippen LogP contribution >= 0.6 is 11.3 Å². The topological polar surface area (TPSA) is 107 Å². The van der Waals surface area contributed by atoms with E-state index in [1.165, 1.54) is 28.4 Å². The molecular weight excluding hydrogens is 523 g/mol. The van der Waals surface area contributed by atoms with E-state index in [0.717, 1.165) is 34.0 Å². The maximum absolute atomic E-state index is 13.8. The minimum absolute atomic E-state index is 0.0357. The number of hydrogen-bond acceptors (Lipinski definition) is 5.